The minimum atomic E-state index is -0.181. The van der Waals surface area contributed by atoms with E-state index in [0.29, 0.717) is 5.02 Å². The summed E-state index contributed by atoms with van der Waals surface area (Å²) in [5, 5.41) is 5.03. The highest BCUT2D eigenvalue weighted by molar-refractivity contribution is 6.31. The molecular formula is C14H28ClN5. The topological polar surface area (TPSA) is 50.3 Å². The second-order valence-corrected chi connectivity index (χ2v) is 6.39. The third kappa shape index (κ3) is 3.52. The van der Waals surface area contributed by atoms with Gasteiger partial charge in [0.15, 0.2) is 0 Å². The molecule has 0 aliphatic rings. The average Bonchev–Trinajstić information content (AvgIpc) is 2.75. The van der Waals surface area contributed by atoms with E-state index in [2.05, 4.69) is 42.8 Å². The van der Waals surface area contributed by atoms with E-state index in [1.54, 1.807) is 6.20 Å². The van der Waals surface area contributed by atoms with E-state index in [1.165, 1.54) is 0 Å². The summed E-state index contributed by atoms with van der Waals surface area (Å²) in [4.78, 5) is 4.28. The second-order valence-electron chi connectivity index (χ2n) is 5.99. The monoisotopic (exact) mass is 301 g/mol. The highest BCUT2D eigenvalue weighted by Gasteiger charge is 2.36. The van der Waals surface area contributed by atoms with Crippen LogP contribution in [0.3, 0.4) is 0 Å². The zero-order chi connectivity index (χ0) is 15.5. The molecule has 5 nitrogen and oxygen atoms in total. The zero-order valence-corrected chi connectivity index (χ0v) is 14.3. The Labute approximate surface area is 127 Å². The number of aromatic nitrogens is 2. The molecule has 116 valence electrons. The first-order chi connectivity index (χ1) is 9.24. The summed E-state index contributed by atoms with van der Waals surface area (Å²) >= 11 is 6.33. The molecular weight excluding hydrogens is 274 g/mol. The molecule has 6 heteroatoms. The first kappa shape index (κ1) is 17.4. The van der Waals surface area contributed by atoms with Crippen molar-refractivity contribution < 1.29 is 0 Å². The van der Waals surface area contributed by atoms with Crippen LogP contribution in [0, 0.1) is 0 Å². The van der Waals surface area contributed by atoms with Crippen molar-refractivity contribution in [3.05, 3.63) is 16.9 Å². The Morgan fingerprint density at radius 1 is 1.40 bits per heavy atom. The Hall–Kier alpha value is -0.620. The van der Waals surface area contributed by atoms with E-state index >= 15 is 0 Å². The predicted molar refractivity (Wildman–Crippen MR) is 85.1 cm³/mol. The molecule has 0 saturated carbocycles. The Morgan fingerprint density at radius 2 is 2.00 bits per heavy atom. The molecule has 2 unspecified atom stereocenters. The van der Waals surface area contributed by atoms with Crippen molar-refractivity contribution in [2.45, 2.75) is 38.4 Å². The SMILES string of the molecule is CCC(C)(C(N)c1c(Cl)cnn1CCN(C)C)N(C)C. The maximum atomic E-state index is 6.54. The van der Waals surface area contributed by atoms with E-state index < -0.39 is 0 Å². The summed E-state index contributed by atoms with van der Waals surface area (Å²) < 4.78 is 1.93. The van der Waals surface area contributed by atoms with Gasteiger partial charge in [-0.25, -0.2) is 0 Å². The molecule has 20 heavy (non-hydrogen) atoms. The van der Waals surface area contributed by atoms with Gasteiger partial charge < -0.3 is 15.5 Å². The minimum absolute atomic E-state index is 0.153. The largest absolute Gasteiger partial charge is 0.321 e. The number of nitrogens with two attached hydrogens (primary N) is 1. The fourth-order valence-corrected chi connectivity index (χ4v) is 2.52. The van der Waals surface area contributed by atoms with E-state index in [-0.39, 0.29) is 11.6 Å². The molecule has 0 amide bonds. The van der Waals surface area contributed by atoms with Crippen LogP contribution in [0.1, 0.15) is 32.0 Å². The van der Waals surface area contributed by atoms with Gasteiger partial charge >= 0.3 is 0 Å². The maximum Gasteiger partial charge on any atom is 0.0834 e. The van der Waals surface area contributed by atoms with Crippen molar-refractivity contribution in [2.24, 2.45) is 5.73 Å². The average molecular weight is 302 g/mol. The predicted octanol–water partition coefficient (Wildman–Crippen LogP) is 1.83. The van der Waals surface area contributed by atoms with Gasteiger partial charge in [0.2, 0.25) is 0 Å². The number of nitrogens with zero attached hydrogens (tertiary/aromatic N) is 4. The number of hydrogen-bond donors (Lipinski definition) is 1. The lowest BCUT2D eigenvalue weighted by Gasteiger charge is -2.41. The Kier molecular flexibility index (Phi) is 6.01. The molecule has 0 radical (unpaired) electrons. The Bertz CT molecular complexity index is 429. The van der Waals surface area contributed by atoms with E-state index in [9.17, 15) is 0 Å². The molecule has 0 spiro atoms. The Balaban J connectivity index is 3.08. The van der Waals surface area contributed by atoms with Gasteiger partial charge in [-0.1, -0.05) is 18.5 Å². The molecule has 0 bridgehead atoms. The lowest BCUT2D eigenvalue weighted by Crippen LogP contribution is -2.50. The molecule has 0 aliphatic carbocycles. The molecule has 2 atom stereocenters. The van der Waals surface area contributed by atoms with Gasteiger partial charge in [-0.3, -0.25) is 4.68 Å². The summed E-state index contributed by atoms with van der Waals surface area (Å²) in [6.07, 6.45) is 2.63. The summed E-state index contributed by atoms with van der Waals surface area (Å²) in [5.41, 5.74) is 7.31. The maximum absolute atomic E-state index is 6.54. The minimum Gasteiger partial charge on any atom is -0.321 e. The lowest BCUT2D eigenvalue weighted by atomic mass is 9.86. The third-order valence-electron chi connectivity index (χ3n) is 4.29. The molecule has 1 heterocycles. The standard InChI is InChI=1S/C14H28ClN5/c1-7-14(2,19(5)6)13(16)12-11(15)10-17-20(12)9-8-18(3)4/h10,13H,7-9,16H2,1-6H3. The van der Waals surface area contributed by atoms with E-state index in [1.807, 2.05) is 18.8 Å². The van der Waals surface area contributed by atoms with Crippen LogP contribution in [0.2, 0.25) is 5.02 Å². The smallest absolute Gasteiger partial charge is 0.0834 e. The van der Waals surface area contributed by atoms with Crippen LogP contribution in [0.25, 0.3) is 0 Å². The van der Waals surface area contributed by atoms with Crippen LogP contribution in [0.5, 0.6) is 0 Å². The van der Waals surface area contributed by atoms with Crippen LogP contribution in [0.15, 0.2) is 6.20 Å². The molecule has 2 N–H and O–H groups in total. The van der Waals surface area contributed by atoms with Crippen molar-refractivity contribution in [1.29, 1.82) is 0 Å². The number of hydrogen-bond acceptors (Lipinski definition) is 4. The quantitative estimate of drug-likeness (QED) is 0.835. The molecule has 0 aliphatic heterocycles. The van der Waals surface area contributed by atoms with Gasteiger partial charge in [0.1, 0.15) is 0 Å². The second kappa shape index (κ2) is 6.89. The van der Waals surface area contributed by atoms with E-state index in [4.69, 9.17) is 17.3 Å². The van der Waals surface area contributed by atoms with Crippen molar-refractivity contribution in [2.75, 3.05) is 34.7 Å². The third-order valence-corrected chi connectivity index (χ3v) is 4.59. The molecule has 1 rings (SSSR count). The molecule has 0 aromatic carbocycles. The van der Waals surface area contributed by atoms with Crippen molar-refractivity contribution in [3.63, 3.8) is 0 Å². The number of halogens is 1. The highest BCUT2D eigenvalue weighted by atomic mass is 35.5. The van der Waals surface area contributed by atoms with Crippen LogP contribution >= 0.6 is 11.6 Å². The van der Waals surface area contributed by atoms with Crippen molar-refractivity contribution in [3.8, 4) is 0 Å². The van der Waals surface area contributed by atoms with Crippen LogP contribution < -0.4 is 5.73 Å². The van der Waals surface area contributed by atoms with Crippen LogP contribution in [0.4, 0.5) is 0 Å². The number of rotatable bonds is 7. The fraction of sp³-hybridized carbons (Fsp3) is 0.786. The van der Waals surface area contributed by atoms with Crippen molar-refractivity contribution in [1.82, 2.24) is 19.6 Å². The number of likely N-dealkylation sites (N-methyl/N-ethyl adjacent to an activating group) is 2. The Morgan fingerprint density at radius 3 is 2.45 bits per heavy atom. The van der Waals surface area contributed by atoms with Gasteiger partial charge in [0.25, 0.3) is 0 Å². The van der Waals surface area contributed by atoms with Crippen LogP contribution in [-0.4, -0.2) is 59.9 Å². The molecule has 1 aromatic heterocycles. The first-order valence-electron chi connectivity index (χ1n) is 7.03. The molecule has 0 saturated heterocycles. The van der Waals surface area contributed by atoms with Gasteiger partial charge in [0.05, 0.1) is 29.5 Å². The van der Waals surface area contributed by atoms with Gasteiger partial charge in [-0.15, -0.1) is 0 Å². The van der Waals surface area contributed by atoms with Gasteiger partial charge in [-0.2, -0.15) is 5.10 Å². The summed E-state index contributed by atoms with van der Waals surface area (Å²) in [5.74, 6) is 0. The molecule has 1 aromatic rings. The first-order valence-corrected chi connectivity index (χ1v) is 7.40. The normalized spacial score (nSPS) is 16.7. The summed E-state index contributed by atoms with van der Waals surface area (Å²) in [6.45, 7) is 6.00. The summed E-state index contributed by atoms with van der Waals surface area (Å²) in [7, 11) is 8.19. The van der Waals surface area contributed by atoms with Gasteiger partial charge in [0, 0.05) is 12.1 Å². The summed E-state index contributed by atoms with van der Waals surface area (Å²) in [6, 6.07) is -0.181. The molecule has 0 fully saturated rings. The zero-order valence-electron chi connectivity index (χ0n) is 13.5. The van der Waals surface area contributed by atoms with Crippen molar-refractivity contribution >= 4 is 11.6 Å². The van der Waals surface area contributed by atoms with E-state index in [0.717, 1.165) is 25.2 Å². The van der Waals surface area contributed by atoms with Gasteiger partial charge in [-0.05, 0) is 41.5 Å². The highest BCUT2D eigenvalue weighted by Crippen LogP contribution is 2.34. The van der Waals surface area contributed by atoms with Crippen LogP contribution in [-0.2, 0) is 6.54 Å². The fourth-order valence-electron chi connectivity index (χ4n) is 2.26. The lowest BCUT2D eigenvalue weighted by molar-refractivity contribution is 0.127.